The Bertz CT molecular complexity index is 680. The number of nitrogens with zero attached hydrogens (tertiary/aromatic N) is 2. The van der Waals surface area contributed by atoms with Crippen LogP contribution in [0.25, 0.3) is 10.7 Å². The van der Waals surface area contributed by atoms with Gasteiger partial charge in [-0.2, -0.15) is 4.98 Å². The van der Waals surface area contributed by atoms with Crippen LogP contribution in [0, 0.1) is 0 Å². The van der Waals surface area contributed by atoms with Crippen molar-refractivity contribution in [2.45, 2.75) is 6.04 Å². The number of thiophene rings is 1. The molecule has 0 aliphatic heterocycles. The van der Waals surface area contributed by atoms with Crippen LogP contribution in [0.1, 0.15) is 17.5 Å². The van der Waals surface area contributed by atoms with Gasteiger partial charge < -0.3 is 10.3 Å². The third-order valence-electron chi connectivity index (χ3n) is 2.65. The minimum absolute atomic E-state index is 0.397. The first-order chi connectivity index (χ1) is 9.24. The summed E-state index contributed by atoms with van der Waals surface area (Å²) in [7, 11) is 0. The predicted molar refractivity (Wildman–Crippen MR) is 77.8 cm³/mol. The molecule has 0 radical (unpaired) electrons. The molecule has 1 atom stereocenters. The zero-order valence-corrected chi connectivity index (χ0v) is 12.2. The lowest BCUT2D eigenvalue weighted by molar-refractivity contribution is 0.367. The topological polar surface area (TPSA) is 64.9 Å². The van der Waals surface area contributed by atoms with Gasteiger partial charge in [0, 0.05) is 9.85 Å². The van der Waals surface area contributed by atoms with Crippen LogP contribution in [0.5, 0.6) is 0 Å². The molecule has 0 saturated carbocycles. The molecular weight excluding hydrogens is 326 g/mol. The molecule has 96 valence electrons. The Morgan fingerprint density at radius 3 is 2.74 bits per heavy atom. The molecular formula is C13H10BrN3OS. The highest BCUT2D eigenvalue weighted by Crippen LogP contribution is 2.29. The lowest BCUT2D eigenvalue weighted by atomic mass is 10.1. The summed E-state index contributed by atoms with van der Waals surface area (Å²) in [5.74, 6) is 0.989. The molecule has 0 bridgehead atoms. The minimum atomic E-state index is -0.397. The maximum atomic E-state index is 6.11. The highest BCUT2D eigenvalue weighted by atomic mass is 79.9. The van der Waals surface area contributed by atoms with Gasteiger partial charge in [0.2, 0.25) is 11.7 Å². The molecule has 0 aliphatic carbocycles. The molecule has 3 rings (SSSR count). The molecule has 2 N–H and O–H groups in total. The Kier molecular flexibility index (Phi) is 3.46. The van der Waals surface area contributed by atoms with Crippen molar-refractivity contribution in [2.75, 3.05) is 0 Å². The van der Waals surface area contributed by atoms with Gasteiger partial charge >= 0.3 is 0 Å². The maximum Gasteiger partial charge on any atom is 0.248 e. The standard InChI is InChI=1S/C13H10BrN3OS/c14-9-6-10(19-7-9)12-16-13(18-17-12)11(15)8-4-2-1-3-5-8/h1-7,11H,15H2. The van der Waals surface area contributed by atoms with Crippen molar-refractivity contribution >= 4 is 27.3 Å². The average Bonchev–Trinajstić information content (AvgIpc) is 3.07. The molecule has 2 aromatic heterocycles. The van der Waals surface area contributed by atoms with Crippen molar-refractivity contribution in [2.24, 2.45) is 5.73 Å². The highest BCUT2D eigenvalue weighted by molar-refractivity contribution is 9.10. The first-order valence-corrected chi connectivity index (χ1v) is 7.30. The van der Waals surface area contributed by atoms with Crippen LogP contribution in [0.3, 0.4) is 0 Å². The number of rotatable bonds is 3. The van der Waals surface area contributed by atoms with E-state index in [0.29, 0.717) is 11.7 Å². The van der Waals surface area contributed by atoms with E-state index < -0.39 is 6.04 Å². The van der Waals surface area contributed by atoms with Gasteiger partial charge in [-0.1, -0.05) is 35.5 Å². The van der Waals surface area contributed by atoms with Crippen molar-refractivity contribution in [3.05, 3.63) is 57.7 Å². The van der Waals surface area contributed by atoms with E-state index in [0.717, 1.165) is 14.9 Å². The van der Waals surface area contributed by atoms with E-state index in [1.54, 1.807) is 11.3 Å². The minimum Gasteiger partial charge on any atom is -0.337 e. The zero-order valence-electron chi connectivity index (χ0n) is 9.79. The summed E-state index contributed by atoms with van der Waals surface area (Å²) in [5, 5.41) is 5.94. The number of halogens is 1. The van der Waals surface area contributed by atoms with Gasteiger partial charge in [0.05, 0.1) is 4.88 Å². The smallest absolute Gasteiger partial charge is 0.248 e. The number of hydrogen-bond donors (Lipinski definition) is 1. The lowest BCUT2D eigenvalue weighted by Gasteiger charge is -2.05. The molecule has 0 aliphatic rings. The summed E-state index contributed by atoms with van der Waals surface area (Å²) in [6, 6.07) is 11.2. The molecule has 0 fully saturated rings. The van der Waals surface area contributed by atoms with Crippen LogP contribution in [-0.2, 0) is 0 Å². The summed E-state index contributed by atoms with van der Waals surface area (Å²) in [4.78, 5) is 5.30. The fraction of sp³-hybridized carbons (Fsp3) is 0.0769. The second-order valence-corrected chi connectivity index (χ2v) is 5.80. The fourth-order valence-electron chi connectivity index (χ4n) is 1.69. The zero-order chi connectivity index (χ0) is 13.2. The van der Waals surface area contributed by atoms with Crippen LogP contribution >= 0.6 is 27.3 Å². The molecule has 2 heterocycles. The van der Waals surface area contributed by atoms with Gasteiger partial charge in [-0.15, -0.1) is 11.3 Å². The van der Waals surface area contributed by atoms with Crippen molar-refractivity contribution in [1.82, 2.24) is 10.1 Å². The van der Waals surface area contributed by atoms with E-state index in [9.17, 15) is 0 Å². The van der Waals surface area contributed by atoms with Gasteiger partial charge in [-0.3, -0.25) is 0 Å². The molecule has 0 saturated heterocycles. The van der Waals surface area contributed by atoms with Crippen molar-refractivity contribution in [3.8, 4) is 10.7 Å². The van der Waals surface area contributed by atoms with Crippen molar-refractivity contribution < 1.29 is 4.52 Å². The number of hydrogen-bond acceptors (Lipinski definition) is 5. The van der Waals surface area contributed by atoms with Crippen molar-refractivity contribution in [3.63, 3.8) is 0 Å². The summed E-state index contributed by atoms with van der Waals surface area (Å²) >= 11 is 4.95. The monoisotopic (exact) mass is 335 g/mol. The Labute approximate surface area is 122 Å². The van der Waals surface area contributed by atoms with E-state index in [4.69, 9.17) is 10.3 Å². The van der Waals surface area contributed by atoms with Crippen LogP contribution in [0.2, 0.25) is 0 Å². The van der Waals surface area contributed by atoms with E-state index in [2.05, 4.69) is 26.1 Å². The van der Waals surface area contributed by atoms with E-state index in [1.165, 1.54) is 0 Å². The van der Waals surface area contributed by atoms with E-state index in [1.807, 2.05) is 41.8 Å². The summed E-state index contributed by atoms with van der Waals surface area (Å²) in [5.41, 5.74) is 7.06. The van der Waals surface area contributed by atoms with Crippen LogP contribution in [-0.4, -0.2) is 10.1 Å². The van der Waals surface area contributed by atoms with Gasteiger partial charge in [0.1, 0.15) is 6.04 Å². The van der Waals surface area contributed by atoms with Crippen molar-refractivity contribution in [1.29, 1.82) is 0 Å². The van der Waals surface area contributed by atoms with Gasteiger partial charge in [0.25, 0.3) is 0 Å². The molecule has 6 heteroatoms. The second kappa shape index (κ2) is 5.24. The number of aromatic nitrogens is 2. The molecule has 0 amide bonds. The molecule has 0 spiro atoms. The van der Waals surface area contributed by atoms with Gasteiger partial charge in [-0.05, 0) is 27.6 Å². The Morgan fingerprint density at radius 1 is 1.26 bits per heavy atom. The van der Waals surface area contributed by atoms with Crippen LogP contribution < -0.4 is 5.73 Å². The number of benzene rings is 1. The third-order valence-corrected chi connectivity index (χ3v) is 4.34. The summed E-state index contributed by atoms with van der Waals surface area (Å²) < 4.78 is 6.26. The predicted octanol–water partition coefficient (Wildman–Crippen LogP) is 3.61. The average molecular weight is 336 g/mol. The largest absolute Gasteiger partial charge is 0.337 e. The molecule has 4 nitrogen and oxygen atoms in total. The van der Waals surface area contributed by atoms with E-state index >= 15 is 0 Å². The fourth-order valence-corrected chi connectivity index (χ4v) is 3.05. The van der Waals surface area contributed by atoms with Gasteiger partial charge in [0.15, 0.2) is 0 Å². The van der Waals surface area contributed by atoms with Crippen LogP contribution in [0.15, 0.2) is 50.8 Å². The van der Waals surface area contributed by atoms with Crippen LogP contribution in [0.4, 0.5) is 0 Å². The quantitative estimate of drug-likeness (QED) is 0.794. The normalized spacial score (nSPS) is 12.5. The summed E-state index contributed by atoms with van der Waals surface area (Å²) in [6.45, 7) is 0. The summed E-state index contributed by atoms with van der Waals surface area (Å²) in [6.07, 6.45) is 0. The first kappa shape index (κ1) is 12.5. The first-order valence-electron chi connectivity index (χ1n) is 5.62. The highest BCUT2D eigenvalue weighted by Gasteiger charge is 2.17. The lowest BCUT2D eigenvalue weighted by Crippen LogP contribution is -2.11. The molecule has 3 aromatic rings. The Balaban J connectivity index is 1.89. The SMILES string of the molecule is NC(c1ccccc1)c1nc(-c2cc(Br)cs2)no1. The molecule has 1 unspecified atom stereocenters. The number of nitrogens with two attached hydrogens (primary N) is 1. The second-order valence-electron chi connectivity index (χ2n) is 3.97. The third kappa shape index (κ3) is 2.60. The molecule has 19 heavy (non-hydrogen) atoms. The molecule has 1 aromatic carbocycles. The van der Waals surface area contributed by atoms with E-state index in [-0.39, 0.29) is 0 Å². The van der Waals surface area contributed by atoms with Gasteiger partial charge in [-0.25, -0.2) is 0 Å². The Hall–Kier alpha value is -1.50. The maximum absolute atomic E-state index is 6.11. The Morgan fingerprint density at radius 2 is 2.05 bits per heavy atom.